The van der Waals surface area contributed by atoms with E-state index in [9.17, 15) is 0 Å². The largest absolute Gasteiger partial charge is 0.245 e. The van der Waals surface area contributed by atoms with Gasteiger partial charge in [-0.15, -0.1) is 0 Å². The van der Waals surface area contributed by atoms with Crippen molar-refractivity contribution >= 4 is 97.2 Å². The summed E-state index contributed by atoms with van der Waals surface area (Å²) in [7, 11) is 0. The molecular weight excluding hydrogens is 1040 g/mol. The van der Waals surface area contributed by atoms with Gasteiger partial charge in [-0.2, -0.15) is 0 Å². The molecule has 0 bridgehead atoms. The maximum atomic E-state index is 5.28. The summed E-state index contributed by atoms with van der Waals surface area (Å²) in [5.41, 5.74) is 22.0. The fourth-order valence-electron chi connectivity index (χ4n) is 15.4. The summed E-state index contributed by atoms with van der Waals surface area (Å²) in [5, 5.41) is 20.7. The Morgan fingerprint density at radius 2 is 0.547 bits per heavy atom. The first-order valence-corrected chi connectivity index (χ1v) is 30.2. The van der Waals surface area contributed by atoms with E-state index in [1.807, 2.05) is 0 Å². The van der Waals surface area contributed by atoms with Gasteiger partial charge in [0.2, 0.25) is 0 Å². The lowest BCUT2D eigenvalue weighted by Crippen LogP contribution is -2.14. The second kappa shape index (κ2) is 18.0. The highest BCUT2D eigenvalue weighted by molar-refractivity contribution is 6.27. The Kier molecular flexibility index (Phi) is 10.2. The van der Waals surface area contributed by atoms with Crippen molar-refractivity contribution in [2.24, 2.45) is 0 Å². The molecule has 17 aromatic rings. The zero-order valence-electron chi connectivity index (χ0n) is 48.3. The second-order valence-corrected chi connectivity index (χ2v) is 25.2. The van der Waals surface area contributed by atoms with Crippen molar-refractivity contribution in [1.82, 2.24) is 9.97 Å². The Morgan fingerprint density at radius 1 is 0.221 bits per heavy atom. The van der Waals surface area contributed by atoms with E-state index < -0.39 is 0 Å². The van der Waals surface area contributed by atoms with Crippen LogP contribution in [0.1, 0.15) is 49.9 Å². The molecule has 2 nitrogen and oxygen atoms in total. The van der Waals surface area contributed by atoms with Crippen molar-refractivity contribution in [1.29, 1.82) is 0 Å². The van der Waals surface area contributed by atoms with E-state index in [0.29, 0.717) is 0 Å². The molecular formula is C84H56N2. The maximum absolute atomic E-state index is 5.28. The van der Waals surface area contributed by atoms with Crippen LogP contribution in [-0.2, 0) is 10.8 Å². The Hall–Kier alpha value is -10.5. The molecule has 0 atom stereocenters. The number of aromatic nitrogens is 2. The molecule has 402 valence electrons. The molecule has 2 aliphatic carbocycles. The molecule has 86 heavy (non-hydrogen) atoms. The fourth-order valence-corrected chi connectivity index (χ4v) is 15.4. The van der Waals surface area contributed by atoms with Crippen LogP contribution >= 0.6 is 0 Å². The number of fused-ring (bicyclic) bond motifs is 10. The molecule has 0 unspecified atom stereocenters. The molecule has 0 amide bonds. The third-order valence-corrected chi connectivity index (χ3v) is 19.8. The van der Waals surface area contributed by atoms with E-state index in [1.165, 1.54) is 142 Å². The third-order valence-electron chi connectivity index (χ3n) is 19.8. The van der Waals surface area contributed by atoms with Gasteiger partial charge in [-0.3, -0.25) is 0 Å². The summed E-state index contributed by atoms with van der Waals surface area (Å²) >= 11 is 0. The molecule has 19 rings (SSSR count). The molecule has 0 aliphatic heterocycles. The molecule has 2 aromatic heterocycles. The van der Waals surface area contributed by atoms with Gasteiger partial charge in [0.1, 0.15) is 0 Å². The van der Waals surface area contributed by atoms with Gasteiger partial charge in [0.25, 0.3) is 0 Å². The minimum Gasteiger partial charge on any atom is -0.245 e. The van der Waals surface area contributed by atoms with Crippen LogP contribution in [0.2, 0.25) is 0 Å². The molecule has 0 saturated heterocycles. The van der Waals surface area contributed by atoms with Gasteiger partial charge in [0, 0.05) is 32.7 Å². The number of benzene rings is 15. The van der Waals surface area contributed by atoms with Crippen LogP contribution in [0.3, 0.4) is 0 Å². The standard InChI is InChI=1S/C42H32N2.C42H24/c1-41(2)33-11-7-5-9-29(33)31-19-15-27(23-35(31)41)37-21-17-25-13-14-26-18-22-38(44-40(26)39(25)43-37)28-16-20-32-30-10-6-8-12-34(30)42(3,4)36(32)24-28;1-3-25-7-9-29-15-19-35(37-21-17-27(5-1)39(25)41(29)37)33-13-11-32-24-34(14-12-31(32)23-33)36-20-16-30-10-8-26-4-2-6-28-18-22-38(36)42(30)40(26)28/h5-24H,1-4H3;1-24H. The molecule has 2 heteroatoms. The normalized spacial score (nSPS) is 13.8. The van der Waals surface area contributed by atoms with E-state index >= 15 is 0 Å². The second-order valence-electron chi connectivity index (χ2n) is 25.2. The predicted molar refractivity (Wildman–Crippen MR) is 365 cm³/mol. The van der Waals surface area contributed by atoms with Crippen LogP contribution in [0.4, 0.5) is 0 Å². The lowest BCUT2D eigenvalue weighted by atomic mass is 9.82. The summed E-state index contributed by atoms with van der Waals surface area (Å²) in [5.74, 6) is 0. The Morgan fingerprint density at radius 3 is 0.988 bits per heavy atom. The van der Waals surface area contributed by atoms with E-state index in [2.05, 4.69) is 295 Å². The van der Waals surface area contributed by atoms with Gasteiger partial charge >= 0.3 is 0 Å². The average Bonchev–Trinajstić information content (AvgIpc) is 1.20. The molecule has 0 saturated carbocycles. The highest BCUT2D eigenvalue weighted by Crippen LogP contribution is 2.52. The number of pyridine rings is 2. The number of nitrogens with zero attached hydrogens (tertiary/aromatic N) is 2. The number of hydrogen-bond donors (Lipinski definition) is 0. The SMILES string of the molecule is CC1(C)c2ccccc2-c2ccc(-c3ccc4ccc5ccc(-c6ccc7c(c6)C(C)(C)c6ccccc6-7)nc5c4n3)cc21.c1cc2ccc3ccc(-c4ccc5cc(-c6ccc7ccc8cccc9ccc6c7c89)ccc5c4)c4ccc(c1)c2c34. The highest BCUT2D eigenvalue weighted by Gasteiger charge is 2.37. The van der Waals surface area contributed by atoms with E-state index in [4.69, 9.17) is 9.97 Å². The van der Waals surface area contributed by atoms with Gasteiger partial charge in [0.15, 0.2) is 0 Å². The summed E-state index contributed by atoms with van der Waals surface area (Å²) < 4.78 is 0. The average molecular weight is 1090 g/mol. The highest BCUT2D eigenvalue weighted by atomic mass is 14.8. The molecule has 0 fully saturated rings. The minimum absolute atomic E-state index is 0.0479. The van der Waals surface area contributed by atoms with Crippen molar-refractivity contribution in [2.45, 2.75) is 38.5 Å². The zero-order chi connectivity index (χ0) is 57.2. The van der Waals surface area contributed by atoms with Crippen molar-refractivity contribution in [2.75, 3.05) is 0 Å². The topological polar surface area (TPSA) is 25.8 Å². The van der Waals surface area contributed by atoms with Crippen LogP contribution < -0.4 is 0 Å². The van der Waals surface area contributed by atoms with Crippen molar-refractivity contribution < 1.29 is 0 Å². The lowest BCUT2D eigenvalue weighted by Gasteiger charge is -2.22. The van der Waals surface area contributed by atoms with E-state index in [-0.39, 0.29) is 10.8 Å². The van der Waals surface area contributed by atoms with Gasteiger partial charge in [-0.25, -0.2) is 9.97 Å². The number of rotatable bonds is 4. The Labute approximate surface area is 499 Å². The molecule has 2 heterocycles. The van der Waals surface area contributed by atoms with Crippen LogP contribution in [0.15, 0.2) is 267 Å². The van der Waals surface area contributed by atoms with Crippen LogP contribution in [0.25, 0.3) is 164 Å². The summed E-state index contributed by atoms with van der Waals surface area (Å²) in [6.45, 7) is 9.31. The minimum atomic E-state index is -0.0479. The molecule has 0 spiro atoms. The Bertz CT molecular complexity index is 5340. The molecule has 15 aromatic carbocycles. The van der Waals surface area contributed by atoms with Gasteiger partial charge in [-0.1, -0.05) is 258 Å². The van der Waals surface area contributed by atoms with E-state index in [1.54, 1.807) is 0 Å². The van der Waals surface area contributed by atoms with Crippen molar-refractivity contribution in [3.63, 3.8) is 0 Å². The first-order valence-electron chi connectivity index (χ1n) is 30.2. The predicted octanol–water partition coefficient (Wildman–Crippen LogP) is 22.7. The summed E-state index contributed by atoms with van der Waals surface area (Å²) in [4.78, 5) is 10.6. The molecule has 0 radical (unpaired) electrons. The third kappa shape index (κ3) is 7.14. The smallest absolute Gasteiger partial charge is 0.0972 e. The van der Waals surface area contributed by atoms with Gasteiger partial charge in [-0.05, 0) is 179 Å². The number of hydrogen-bond acceptors (Lipinski definition) is 2. The fraction of sp³-hybridized carbons (Fsp3) is 0.0714. The lowest BCUT2D eigenvalue weighted by molar-refractivity contribution is 0.660. The molecule has 2 aliphatic rings. The maximum Gasteiger partial charge on any atom is 0.0972 e. The van der Waals surface area contributed by atoms with Crippen LogP contribution in [0, 0.1) is 0 Å². The zero-order valence-corrected chi connectivity index (χ0v) is 48.3. The first-order chi connectivity index (χ1) is 42.1. The van der Waals surface area contributed by atoms with Crippen molar-refractivity contribution in [3.05, 3.63) is 289 Å². The van der Waals surface area contributed by atoms with E-state index in [0.717, 1.165) is 44.3 Å². The summed E-state index contributed by atoms with van der Waals surface area (Å²) in [6, 6.07) is 98.7. The summed E-state index contributed by atoms with van der Waals surface area (Å²) in [6.07, 6.45) is 0. The van der Waals surface area contributed by atoms with Crippen molar-refractivity contribution in [3.8, 4) is 67.0 Å². The van der Waals surface area contributed by atoms with Crippen LogP contribution in [0.5, 0.6) is 0 Å². The van der Waals surface area contributed by atoms with Gasteiger partial charge < -0.3 is 0 Å². The quantitative estimate of drug-likeness (QED) is 0.164. The van der Waals surface area contributed by atoms with Gasteiger partial charge in [0.05, 0.1) is 22.4 Å². The monoisotopic (exact) mass is 1090 g/mol. The Balaban J connectivity index is 0.000000130. The first kappa shape index (κ1) is 48.9. The molecule has 0 N–H and O–H groups in total. The van der Waals surface area contributed by atoms with Crippen LogP contribution in [-0.4, -0.2) is 9.97 Å².